The van der Waals surface area contributed by atoms with Crippen LogP contribution in [0.1, 0.15) is 5.56 Å². The number of aromatic amines is 1. The number of hydrogen-bond acceptors (Lipinski definition) is 8. The van der Waals surface area contributed by atoms with Crippen molar-refractivity contribution < 1.29 is 14.2 Å². The van der Waals surface area contributed by atoms with Gasteiger partial charge in [0.05, 0.1) is 12.8 Å². The van der Waals surface area contributed by atoms with Crippen molar-refractivity contribution in [3.63, 3.8) is 0 Å². The highest BCUT2D eigenvalue weighted by Gasteiger charge is 2.14. The van der Waals surface area contributed by atoms with E-state index in [-0.39, 0.29) is 12.4 Å². The van der Waals surface area contributed by atoms with Gasteiger partial charge in [-0.3, -0.25) is 4.79 Å². The Morgan fingerprint density at radius 1 is 1.00 bits per heavy atom. The molecule has 9 heteroatoms. The standard InChI is InChI=1S/C28H22N4O4S/c1-34-21-5-8-23-18(13-21)12-19(27(33)31-23)15-37-22-6-3-20(4-7-22)30-28-29-11-10-24(32-28)17-2-9-25-26(14-17)36-16-35-25/h2-14H,15-16H2,1H3,(H,31,33)(H,29,30,32). The highest BCUT2D eigenvalue weighted by Crippen LogP contribution is 2.35. The summed E-state index contributed by atoms with van der Waals surface area (Å²) in [5.74, 6) is 3.25. The first-order valence-electron chi connectivity index (χ1n) is 11.6. The Hall–Kier alpha value is -4.50. The van der Waals surface area contributed by atoms with E-state index in [4.69, 9.17) is 14.2 Å². The Morgan fingerprint density at radius 2 is 1.86 bits per heavy atom. The Bertz CT molecular complexity index is 1650. The molecule has 2 aromatic heterocycles. The SMILES string of the molecule is COc1ccc2[nH]c(=O)c(CSc3ccc(Nc4nccc(-c5ccc6c(c5)OCO6)n4)cc3)cc2c1. The van der Waals surface area contributed by atoms with Gasteiger partial charge < -0.3 is 24.5 Å². The summed E-state index contributed by atoms with van der Waals surface area (Å²) in [6, 6.07) is 23.1. The van der Waals surface area contributed by atoms with E-state index in [0.717, 1.165) is 44.2 Å². The molecule has 0 saturated carbocycles. The third kappa shape index (κ3) is 4.94. The van der Waals surface area contributed by atoms with E-state index in [9.17, 15) is 4.79 Å². The van der Waals surface area contributed by atoms with E-state index in [1.54, 1.807) is 25.1 Å². The number of nitrogens with zero attached hydrogens (tertiary/aromatic N) is 2. The first-order valence-corrected chi connectivity index (χ1v) is 12.6. The molecule has 0 aliphatic carbocycles. The second-order valence-electron chi connectivity index (χ2n) is 8.35. The molecule has 6 rings (SSSR count). The van der Waals surface area contributed by atoms with E-state index in [0.29, 0.717) is 23.0 Å². The molecule has 3 heterocycles. The Morgan fingerprint density at radius 3 is 2.73 bits per heavy atom. The van der Waals surface area contributed by atoms with E-state index in [2.05, 4.69) is 20.3 Å². The smallest absolute Gasteiger partial charge is 0.252 e. The van der Waals surface area contributed by atoms with Gasteiger partial charge in [-0.1, -0.05) is 0 Å². The fraction of sp³-hybridized carbons (Fsp3) is 0.107. The predicted octanol–water partition coefficient (Wildman–Crippen LogP) is 5.76. The number of methoxy groups -OCH3 is 1. The quantitative estimate of drug-likeness (QED) is 0.267. The second-order valence-corrected chi connectivity index (χ2v) is 9.40. The van der Waals surface area contributed by atoms with Gasteiger partial charge in [-0.25, -0.2) is 9.97 Å². The average Bonchev–Trinajstić information content (AvgIpc) is 3.41. The zero-order valence-corrected chi connectivity index (χ0v) is 20.7. The fourth-order valence-corrected chi connectivity index (χ4v) is 4.89. The van der Waals surface area contributed by atoms with Gasteiger partial charge in [0.1, 0.15) is 5.75 Å². The maximum Gasteiger partial charge on any atom is 0.252 e. The van der Waals surface area contributed by atoms with Gasteiger partial charge in [0.15, 0.2) is 11.5 Å². The molecule has 0 amide bonds. The summed E-state index contributed by atoms with van der Waals surface area (Å²) in [5.41, 5.74) is 3.98. The third-order valence-corrected chi connectivity index (χ3v) is 7.02. The van der Waals surface area contributed by atoms with Gasteiger partial charge in [0.25, 0.3) is 5.56 Å². The zero-order valence-electron chi connectivity index (χ0n) is 19.9. The molecule has 184 valence electrons. The minimum absolute atomic E-state index is 0.0806. The van der Waals surface area contributed by atoms with Gasteiger partial charge in [-0.2, -0.15) is 0 Å². The Balaban J connectivity index is 1.13. The number of thioether (sulfide) groups is 1. The van der Waals surface area contributed by atoms with Crippen LogP contribution >= 0.6 is 11.8 Å². The van der Waals surface area contributed by atoms with Crippen LogP contribution in [0, 0.1) is 0 Å². The van der Waals surface area contributed by atoms with Crippen LogP contribution in [0.2, 0.25) is 0 Å². The van der Waals surface area contributed by atoms with Crippen LogP contribution in [0.4, 0.5) is 11.6 Å². The summed E-state index contributed by atoms with van der Waals surface area (Å²) >= 11 is 1.60. The molecule has 3 aromatic carbocycles. The topological polar surface area (TPSA) is 98.4 Å². The number of ether oxygens (including phenoxy) is 3. The molecule has 0 unspecified atom stereocenters. The van der Waals surface area contributed by atoms with Crippen LogP contribution in [0.25, 0.3) is 22.2 Å². The number of H-pyrrole nitrogens is 1. The first-order chi connectivity index (χ1) is 18.1. The number of pyridine rings is 1. The lowest BCUT2D eigenvalue weighted by molar-refractivity contribution is 0.174. The minimum atomic E-state index is -0.0806. The third-order valence-electron chi connectivity index (χ3n) is 5.96. The monoisotopic (exact) mass is 510 g/mol. The van der Waals surface area contributed by atoms with Gasteiger partial charge >= 0.3 is 0 Å². The van der Waals surface area contributed by atoms with E-state index in [1.807, 2.05) is 72.8 Å². The largest absolute Gasteiger partial charge is 0.497 e. The fourth-order valence-electron chi connectivity index (χ4n) is 4.02. The van der Waals surface area contributed by atoms with Crippen LogP contribution in [-0.4, -0.2) is 28.9 Å². The van der Waals surface area contributed by atoms with Crippen molar-refractivity contribution in [1.82, 2.24) is 15.0 Å². The van der Waals surface area contributed by atoms with E-state index < -0.39 is 0 Å². The summed E-state index contributed by atoms with van der Waals surface area (Å²) in [6.45, 7) is 0.234. The molecule has 0 bridgehead atoms. The molecule has 0 saturated heterocycles. The summed E-state index contributed by atoms with van der Waals surface area (Å²) < 4.78 is 16.2. The van der Waals surface area contributed by atoms with Crippen LogP contribution < -0.4 is 25.1 Å². The van der Waals surface area contributed by atoms with Gasteiger partial charge in [0, 0.05) is 44.6 Å². The molecule has 8 nitrogen and oxygen atoms in total. The summed E-state index contributed by atoms with van der Waals surface area (Å²) in [5, 5.41) is 4.19. The Labute approximate surface area is 216 Å². The van der Waals surface area contributed by atoms with Crippen molar-refractivity contribution in [2.45, 2.75) is 10.6 Å². The van der Waals surface area contributed by atoms with Gasteiger partial charge in [-0.15, -0.1) is 11.8 Å². The van der Waals surface area contributed by atoms with Crippen LogP contribution in [0.3, 0.4) is 0 Å². The van der Waals surface area contributed by atoms with Crippen molar-refractivity contribution in [2.75, 3.05) is 19.2 Å². The maximum atomic E-state index is 12.5. The number of benzene rings is 3. The second kappa shape index (κ2) is 9.87. The number of rotatable bonds is 7. The molecule has 2 N–H and O–H groups in total. The van der Waals surface area contributed by atoms with Crippen molar-refractivity contribution in [1.29, 1.82) is 0 Å². The summed E-state index contributed by atoms with van der Waals surface area (Å²) in [7, 11) is 1.63. The highest BCUT2D eigenvalue weighted by molar-refractivity contribution is 7.98. The number of fused-ring (bicyclic) bond motifs is 2. The van der Waals surface area contributed by atoms with Crippen LogP contribution in [-0.2, 0) is 5.75 Å². The molecular weight excluding hydrogens is 488 g/mol. The highest BCUT2D eigenvalue weighted by atomic mass is 32.2. The summed E-state index contributed by atoms with van der Waals surface area (Å²) in [6.07, 6.45) is 1.72. The average molecular weight is 511 g/mol. The number of nitrogens with one attached hydrogen (secondary N) is 2. The van der Waals surface area contributed by atoms with Crippen molar-refractivity contribution in [3.05, 3.63) is 94.9 Å². The van der Waals surface area contributed by atoms with Gasteiger partial charge in [-0.05, 0) is 72.8 Å². The van der Waals surface area contributed by atoms with Crippen molar-refractivity contribution in [2.24, 2.45) is 0 Å². The van der Waals surface area contributed by atoms with Crippen LogP contribution in [0.5, 0.6) is 17.2 Å². The molecule has 0 spiro atoms. The molecule has 0 fully saturated rings. The minimum Gasteiger partial charge on any atom is -0.497 e. The van der Waals surface area contributed by atoms with Gasteiger partial charge in [0.2, 0.25) is 12.7 Å². The molecule has 37 heavy (non-hydrogen) atoms. The molecular formula is C28H22N4O4S. The lowest BCUT2D eigenvalue weighted by Crippen LogP contribution is -2.11. The maximum absolute atomic E-state index is 12.5. The molecule has 5 aromatic rings. The zero-order chi connectivity index (χ0) is 25.2. The normalized spacial score (nSPS) is 12.0. The molecule has 1 aliphatic heterocycles. The van der Waals surface area contributed by atoms with E-state index in [1.165, 1.54) is 0 Å². The predicted molar refractivity (Wildman–Crippen MR) is 144 cm³/mol. The molecule has 1 aliphatic rings. The number of anilines is 2. The summed E-state index contributed by atoms with van der Waals surface area (Å²) in [4.78, 5) is 25.5. The van der Waals surface area contributed by atoms with Crippen molar-refractivity contribution >= 4 is 34.3 Å². The van der Waals surface area contributed by atoms with Crippen LogP contribution in [0.15, 0.2) is 88.7 Å². The number of hydrogen-bond donors (Lipinski definition) is 2. The lowest BCUT2D eigenvalue weighted by atomic mass is 10.1. The van der Waals surface area contributed by atoms with E-state index >= 15 is 0 Å². The lowest BCUT2D eigenvalue weighted by Gasteiger charge is -2.09. The number of aromatic nitrogens is 3. The molecule has 0 atom stereocenters. The Kier molecular flexibility index (Phi) is 6.11. The molecule has 0 radical (unpaired) electrons. The first kappa shape index (κ1) is 22.9. The van der Waals surface area contributed by atoms with Crippen molar-refractivity contribution in [3.8, 4) is 28.5 Å².